The largest absolute Gasteiger partial charge is 0.343 e. The molecule has 1 aromatic heterocycles. The highest BCUT2D eigenvalue weighted by molar-refractivity contribution is 9.10. The van der Waals surface area contributed by atoms with E-state index in [4.69, 9.17) is 0 Å². The van der Waals surface area contributed by atoms with Crippen LogP contribution < -0.4 is 10.6 Å². The van der Waals surface area contributed by atoms with Gasteiger partial charge in [-0.3, -0.25) is 9.59 Å². The fourth-order valence-corrected chi connectivity index (χ4v) is 2.66. The molecule has 0 spiro atoms. The molecular weight excluding hydrogens is 429 g/mol. The quantitative estimate of drug-likeness (QED) is 0.573. The van der Waals surface area contributed by atoms with Crippen LogP contribution in [0.4, 0.5) is 10.1 Å². The molecule has 0 radical (unpaired) electrons. The van der Waals surface area contributed by atoms with Crippen LogP contribution in [0.2, 0.25) is 0 Å². The molecule has 0 saturated carbocycles. The van der Waals surface area contributed by atoms with Gasteiger partial charge in [-0.1, -0.05) is 15.9 Å². The third-order valence-electron chi connectivity index (χ3n) is 3.63. The Morgan fingerprint density at radius 3 is 2.68 bits per heavy atom. The summed E-state index contributed by atoms with van der Waals surface area (Å²) in [6.45, 7) is -0.213. The number of anilines is 1. The predicted molar refractivity (Wildman–Crippen MR) is 106 cm³/mol. The summed E-state index contributed by atoms with van der Waals surface area (Å²) in [6, 6.07) is 11.4. The number of rotatable bonds is 6. The van der Waals surface area contributed by atoms with Crippen LogP contribution in [0.15, 0.2) is 65.7 Å². The lowest BCUT2D eigenvalue weighted by Crippen LogP contribution is -2.31. The van der Waals surface area contributed by atoms with Crippen LogP contribution in [0.3, 0.4) is 0 Å². The Bertz CT molecular complexity index is 1000. The lowest BCUT2D eigenvalue weighted by Gasteiger charge is -2.07. The fourth-order valence-electron chi connectivity index (χ4n) is 2.28. The molecule has 9 heteroatoms. The molecule has 7 nitrogen and oxygen atoms in total. The van der Waals surface area contributed by atoms with E-state index >= 15 is 0 Å². The maximum atomic E-state index is 13.6. The van der Waals surface area contributed by atoms with Gasteiger partial charge in [-0.05, 0) is 48.5 Å². The van der Waals surface area contributed by atoms with Crippen molar-refractivity contribution in [2.45, 2.75) is 0 Å². The zero-order valence-corrected chi connectivity index (χ0v) is 16.1. The first kappa shape index (κ1) is 19.4. The second-order valence-electron chi connectivity index (χ2n) is 5.65. The molecule has 0 aliphatic rings. The molecule has 0 atom stereocenters. The van der Waals surface area contributed by atoms with Gasteiger partial charge < -0.3 is 10.6 Å². The van der Waals surface area contributed by atoms with E-state index in [-0.39, 0.29) is 18.0 Å². The third kappa shape index (κ3) is 5.34. The molecule has 0 aliphatic heterocycles. The zero-order chi connectivity index (χ0) is 19.9. The molecular formula is C19H15BrFN5O2. The Morgan fingerprint density at radius 1 is 1.18 bits per heavy atom. The Labute approximate surface area is 168 Å². The number of hydrogen-bond donors (Lipinski definition) is 2. The number of carbonyl (C=O) groups excluding carboxylic acids is 2. The van der Waals surface area contributed by atoms with Crippen LogP contribution >= 0.6 is 15.9 Å². The summed E-state index contributed by atoms with van der Waals surface area (Å²) in [5, 5.41) is 9.13. The molecule has 0 saturated heterocycles. The van der Waals surface area contributed by atoms with Crippen molar-refractivity contribution in [3.63, 3.8) is 0 Å². The number of carbonyl (C=O) groups is 2. The molecule has 1 heterocycles. The van der Waals surface area contributed by atoms with Gasteiger partial charge in [-0.2, -0.15) is 5.10 Å². The average molecular weight is 444 g/mol. The Morgan fingerprint density at radius 2 is 1.96 bits per heavy atom. The van der Waals surface area contributed by atoms with Gasteiger partial charge in [0.1, 0.15) is 18.5 Å². The van der Waals surface area contributed by atoms with Gasteiger partial charge >= 0.3 is 0 Å². The highest BCUT2D eigenvalue weighted by Crippen LogP contribution is 2.16. The number of amides is 2. The summed E-state index contributed by atoms with van der Waals surface area (Å²) >= 11 is 3.24. The molecule has 2 aromatic carbocycles. The van der Waals surface area contributed by atoms with E-state index in [1.54, 1.807) is 47.4 Å². The summed E-state index contributed by atoms with van der Waals surface area (Å²) in [4.78, 5) is 27.6. The minimum Gasteiger partial charge on any atom is -0.343 e. The van der Waals surface area contributed by atoms with Gasteiger partial charge in [0.25, 0.3) is 0 Å². The highest BCUT2D eigenvalue weighted by Gasteiger charge is 2.05. The van der Waals surface area contributed by atoms with Crippen molar-refractivity contribution in [1.82, 2.24) is 20.1 Å². The zero-order valence-electron chi connectivity index (χ0n) is 14.5. The first-order chi connectivity index (χ1) is 13.5. The minimum absolute atomic E-state index is 0.213. The minimum atomic E-state index is -0.504. The van der Waals surface area contributed by atoms with Gasteiger partial charge in [0.15, 0.2) is 0 Å². The predicted octanol–water partition coefficient (Wildman–Crippen LogP) is 2.94. The van der Waals surface area contributed by atoms with E-state index in [2.05, 4.69) is 36.6 Å². The number of nitrogens with one attached hydrogen (secondary N) is 2. The highest BCUT2D eigenvalue weighted by atomic mass is 79.9. The van der Waals surface area contributed by atoms with Crippen LogP contribution in [0.25, 0.3) is 11.8 Å². The van der Waals surface area contributed by atoms with Crippen molar-refractivity contribution in [2.24, 2.45) is 0 Å². The molecule has 2 amide bonds. The standard InChI is InChI=1S/C19H15BrFN5O2/c20-14-2-7-17(21)13(9-14)1-8-18(27)23-10-19(28)25-15-3-5-16(6-4-15)26-12-22-11-24-26/h1-9,11-12H,10H2,(H,23,27)(H,25,28). The van der Waals surface area contributed by atoms with Gasteiger partial charge in [-0.15, -0.1) is 0 Å². The second-order valence-corrected chi connectivity index (χ2v) is 6.57. The molecule has 28 heavy (non-hydrogen) atoms. The topological polar surface area (TPSA) is 88.9 Å². The average Bonchev–Trinajstić information content (AvgIpc) is 3.22. The van der Waals surface area contributed by atoms with E-state index < -0.39 is 11.7 Å². The van der Waals surface area contributed by atoms with Crippen molar-refractivity contribution in [1.29, 1.82) is 0 Å². The van der Waals surface area contributed by atoms with Crippen molar-refractivity contribution >= 4 is 39.5 Å². The molecule has 0 unspecified atom stereocenters. The maximum absolute atomic E-state index is 13.6. The van der Waals surface area contributed by atoms with Gasteiger partial charge in [0.05, 0.1) is 12.2 Å². The SMILES string of the molecule is O=C(C=Cc1cc(Br)ccc1F)NCC(=O)Nc1ccc(-n2cncn2)cc1. The first-order valence-corrected chi connectivity index (χ1v) is 8.96. The van der Waals surface area contributed by atoms with Crippen LogP contribution in [-0.4, -0.2) is 33.1 Å². The monoisotopic (exact) mass is 443 g/mol. The Kier molecular flexibility index (Phi) is 6.28. The van der Waals surface area contributed by atoms with Crippen molar-refractivity contribution in [3.8, 4) is 5.69 Å². The number of hydrogen-bond acceptors (Lipinski definition) is 4. The summed E-state index contributed by atoms with van der Waals surface area (Å²) in [5.74, 6) is -1.33. The summed E-state index contributed by atoms with van der Waals surface area (Å²) in [7, 11) is 0. The summed E-state index contributed by atoms with van der Waals surface area (Å²) in [6.07, 6.45) is 5.51. The smallest absolute Gasteiger partial charge is 0.244 e. The van der Waals surface area contributed by atoms with E-state index in [0.717, 1.165) is 5.69 Å². The number of aromatic nitrogens is 3. The lowest BCUT2D eigenvalue weighted by molar-refractivity contribution is -0.121. The van der Waals surface area contributed by atoms with Crippen molar-refractivity contribution < 1.29 is 14.0 Å². The van der Waals surface area contributed by atoms with E-state index in [0.29, 0.717) is 10.2 Å². The molecule has 2 N–H and O–H groups in total. The van der Waals surface area contributed by atoms with Gasteiger partial charge in [-0.25, -0.2) is 14.1 Å². The molecule has 0 bridgehead atoms. The van der Waals surface area contributed by atoms with Crippen LogP contribution in [0.1, 0.15) is 5.56 Å². The van der Waals surface area contributed by atoms with Crippen molar-refractivity contribution in [2.75, 3.05) is 11.9 Å². The Balaban J connectivity index is 1.49. The van der Waals surface area contributed by atoms with E-state index in [1.807, 2.05) is 0 Å². The van der Waals surface area contributed by atoms with E-state index in [9.17, 15) is 14.0 Å². The summed E-state index contributed by atoms with van der Waals surface area (Å²) in [5.41, 5.74) is 1.64. The Hall–Kier alpha value is -3.33. The lowest BCUT2D eigenvalue weighted by atomic mass is 10.2. The number of benzene rings is 2. The maximum Gasteiger partial charge on any atom is 0.244 e. The molecule has 0 fully saturated rings. The normalized spacial score (nSPS) is 10.8. The van der Waals surface area contributed by atoms with Crippen LogP contribution in [0, 0.1) is 5.82 Å². The van der Waals surface area contributed by atoms with Crippen LogP contribution in [0.5, 0.6) is 0 Å². The first-order valence-electron chi connectivity index (χ1n) is 8.17. The van der Waals surface area contributed by atoms with E-state index in [1.165, 1.54) is 24.5 Å². The third-order valence-corrected chi connectivity index (χ3v) is 4.12. The fraction of sp³-hybridized carbons (Fsp3) is 0.0526. The molecule has 0 aliphatic carbocycles. The second kappa shape index (κ2) is 9.05. The molecule has 3 aromatic rings. The van der Waals surface area contributed by atoms with Gasteiger partial charge in [0, 0.05) is 21.8 Å². The van der Waals surface area contributed by atoms with Crippen LogP contribution in [-0.2, 0) is 9.59 Å². The number of halogens is 2. The van der Waals surface area contributed by atoms with Crippen molar-refractivity contribution in [3.05, 3.63) is 77.0 Å². The molecule has 3 rings (SSSR count). The number of nitrogens with zero attached hydrogens (tertiary/aromatic N) is 3. The molecule has 142 valence electrons. The summed E-state index contributed by atoms with van der Waals surface area (Å²) < 4.78 is 15.9. The van der Waals surface area contributed by atoms with Gasteiger partial charge in [0.2, 0.25) is 11.8 Å².